The molecule has 0 fully saturated rings. The Morgan fingerprint density at radius 2 is 1.90 bits per heavy atom. The van der Waals surface area contributed by atoms with Crippen LogP contribution in [0, 0.1) is 5.82 Å². The summed E-state index contributed by atoms with van der Waals surface area (Å²) in [5.74, 6) is -1.62. The summed E-state index contributed by atoms with van der Waals surface area (Å²) in [4.78, 5) is 16.0. The van der Waals surface area contributed by atoms with E-state index in [1.807, 2.05) is 0 Å². The van der Waals surface area contributed by atoms with E-state index in [1.54, 1.807) is 31.2 Å². The molecule has 1 aliphatic heterocycles. The summed E-state index contributed by atoms with van der Waals surface area (Å²) in [7, 11) is 0. The maximum absolute atomic E-state index is 13.7. The van der Waals surface area contributed by atoms with Crippen molar-refractivity contribution in [1.82, 2.24) is 0 Å². The molecule has 0 atom stereocenters. The second-order valence-electron chi connectivity index (χ2n) is 7.12. The highest BCUT2D eigenvalue weighted by molar-refractivity contribution is 6.42. The van der Waals surface area contributed by atoms with Gasteiger partial charge >= 0.3 is 12.1 Å². The maximum atomic E-state index is 13.7. The Labute approximate surface area is 178 Å². The first-order chi connectivity index (χ1) is 14.8. The van der Waals surface area contributed by atoms with Crippen molar-refractivity contribution < 1.29 is 27.8 Å². The van der Waals surface area contributed by atoms with Crippen LogP contribution in [0.1, 0.15) is 43.7 Å². The third-order valence-corrected chi connectivity index (χ3v) is 4.68. The van der Waals surface area contributed by atoms with Gasteiger partial charge in [0, 0.05) is 5.56 Å². The van der Waals surface area contributed by atoms with Gasteiger partial charge in [0.15, 0.2) is 0 Å². The Kier molecular flexibility index (Phi) is 6.95. The number of aliphatic imine (C=N–C) groups is 1. The number of nitrogens with zero attached hydrogens (tertiary/aromatic N) is 1. The van der Waals surface area contributed by atoms with Gasteiger partial charge in [-0.2, -0.15) is 8.78 Å². The van der Waals surface area contributed by atoms with E-state index in [4.69, 9.17) is 4.74 Å². The van der Waals surface area contributed by atoms with Crippen LogP contribution in [0.3, 0.4) is 0 Å². The van der Waals surface area contributed by atoms with Crippen LogP contribution >= 0.6 is 0 Å². The Balaban J connectivity index is 1.88. The Morgan fingerprint density at radius 1 is 1.16 bits per heavy atom. The fraction of sp³-hybridized carbons (Fsp3) is 0.250. The molecule has 4 nitrogen and oxygen atoms in total. The molecule has 0 aliphatic carbocycles. The number of rotatable bonds is 7. The Hall–Kier alpha value is -3.35. The van der Waals surface area contributed by atoms with Gasteiger partial charge in [-0.05, 0) is 60.7 Å². The van der Waals surface area contributed by atoms with Gasteiger partial charge in [-0.25, -0.2) is 14.2 Å². The number of carboxylic acids is 1. The quantitative estimate of drug-likeness (QED) is 0.559. The predicted octanol–water partition coefficient (Wildman–Crippen LogP) is 6.34. The van der Waals surface area contributed by atoms with Crippen LogP contribution in [0.25, 0.3) is 11.3 Å². The SMILES string of the molecule is CCCC(F)(F)Oc1ccc(/C2=C/C(C(=O)O)=N/C(c3cccc(F)c3)=C\CC2)cc1. The van der Waals surface area contributed by atoms with Gasteiger partial charge in [0.05, 0.1) is 12.1 Å². The van der Waals surface area contributed by atoms with Gasteiger partial charge < -0.3 is 9.84 Å². The lowest BCUT2D eigenvalue weighted by molar-refractivity contribution is -0.180. The lowest BCUT2D eigenvalue weighted by Crippen LogP contribution is -2.24. The minimum Gasteiger partial charge on any atom is -0.477 e. The van der Waals surface area contributed by atoms with E-state index in [0.717, 1.165) is 0 Å². The molecule has 1 N–H and O–H groups in total. The van der Waals surface area contributed by atoms with Gasteiger partial charge in [-0.15, -0.1) is 0 Å². The second-order valence-corrected chi connectivity index (χ2v) is 7.12. The average molecular weight is 429 g/mol. The van der Waals surface area contributed by atoms with Gasteiger partial charge in [0.1, 0.15) is 17.3 Å². The minimum atomic E-state index is -3.24. The van der Waals surface area contributed by atoms with Crippen LogP contribution in [0.2, 0.25) is 0 Å². The molecule has 1 aliphatic rings. The van der Waals surface area contributed by atoms with Gasteiger partial charge in [-0.3, -0.25) is 0 Å². The number of ether oxygens (including phenoxy) is 1. The number of allylic oxidation sites excluding steroid dienone is 2. The van der Waals surface area contributed by atoms with Gasteiger partial charge in [-0.1, -0.05) is 37.3 Å². The second kappa shape index (κ2) is 9.64. The molecule has 0 aromatic heterocycles. The lowest BCUT2D eigenvalue weighted by atomic mass is 9.97. The number of alkyl halides is 2. The van der Waals surface area contributed by atoms with Crippen LogP contribution in [-0.2, 0) is 4.79 Å². The molecule has 0 unspecified atom stereocenters. The normalized spacial score (nSPS) is 19.7. The molecule has 3 rings (SSSR count). The topological polar surface area (TPSA) is 58.9 Å². The summed E-state index contributed by atoms with van der Waals surface area (Å²) in [6.07, 6.45) is 0.928. The number of halogens is 3. The van der Waals surface area contributed by atoms with Crippen molar-refractivity contribution in [3.8, 4) is 5.75 Å². The molecular formula is C24H22F3NO3. The molecule has 7 heteroatoms. The van der Waals surface area contributed by atoms with Crippen molar-refractivity contribution in [3.05, 3.63) is 77.6 Å². The standard InChI is InChI=1S/C24H22F3NO3/c1-2-13-24(26,27)31-20-11-9-16(10-12-20)17-5-4-8-21(28-22(15-17)23(29)30)18-6-3-7-19(25)14-18/h3,6-12,14-15H,2,4-5,13H2,1H3,(H,29,30)/b17-15+,21-8-,28-22-. The van der Waals surface area contributed by atoms with Crippen LogP contribution in [-0.4, -0.2) is 22.9 Å². The summed E-state index contributed by atoms with van der Waals surface area (Å²) in [6, 6.07) is 11.9. The first kappa shape index (κ1) is 22.3. The zero-order valence-corrected chi connectivity index (χ0v) is 16.9. The van der Waals surface area contributed by atoms with Gasteiger partial charge in [0.2, 0.25) is 0 Å². The number of hydrogen-bond donors (Lipinski definition) is 1. The molecule has 0 spiro atoms. The Bertz CT molecular complexity index is 1040. The fourth-order valence-corrected chi connectivity index (χ4v) is 3.23. The molecule has 1 heterocycles. The number of hydrogen-bond acceptors (Lipinski definition) is 3. The third-order valence-electron chi connectivity index (χ3n) is 4.68. The zero-order chi connectivity index (χ0) is 22.4. The number of benzene rings is 2. The predicted molar refractivity (Wildman–Crippen MR) is 114 cm³/mol. The average Bonchev–Trinajstić information content (AvgIpc) is 2.68. The highest BCUT2D eigenvalue weighted by atomic mass is 19.3. The molecule has 0 bridgehead atoms. The molecule has 162 valence electrons. The number of carboxylic acid groups (broad SMARTS) is 1. The zero-order valence-electron chi connectivity index (χ0n) is 16.9. The molecule has 0 amide bonds. The molecule has 0 radical (unpaired) electrons. The van der Waals surface area contributed by atoms with E-state index < -0.39 is 17.9 Å². The smallest absolute Gasteiger partial charge is 0.397 e. The van der Waals surface area contributed by atoms with E-state index in [9.17, 15) is 23.1 Å². The van der Waals surface area contributed by atoms with E-state index in [0.29, 0.717) is 41.7 Å². The maximum Gasteiger partial charge on any atom is 0.397 e. The third kappa shape index (κ3) is 6.07. The first-order valence-electron chi connectivity index (χ1n) is 9.93. The summed E-state index contributed by atoms with van der Waals surface area (Å²) < 4.78 is 45.6. The molecule has 2 aromatic rings. The van der Waals surface area contributed by atoms with E-state index in [2.05, 4.69) is 4.99 Å². The Morgan fingerprint density at radius 3 is 2.55 bits per heavy atom. The highest BCUT2D eigenvalue weighted by Crippen LogP contribution is 2.30. The molecular weight excluding hydrogens is 407 g/mol. The monoisotopic (exact) mass is 429 g/mol. The van der Waals surface area contributed by atoms with Crippen molar-refractivity contribution in [2.24, 2.45) is 4.99 Å². The summed E-state index contributed by atoms with van der Waals surface area (Å²) in [5.41, 5.74) is 2.06. The molecule has 31 heavy (non-hydrogen) atoms. The van der Waals surface area contributed by atoms with Crippen molar-refractivity contribution in [2.75, 3.05) is 0 Å². The van der Waals surface area contributed by atoms with E-state index in [-0.39, 0.29) is 17.9 Å². The minimum absolute atomic E-state index is 0.0362. The largest absolute Gasteiger partial charge is 0.477 e. The molecule has 0 saturated heterocycles. The lowest BCUT2D eigenvalue weighted by Gasteiger charge is -2.18. The van der Waals surface area contributed by atoms with Crippen LogP contribution in [0.5, 0.6) is 5.75 Å². The summed E-state index contributed by atoms with van der Waals surface area (Å²) >= 11 is 0. The van der Waals surface area contributed by atoms with E-state index >= 15 is 0 Å². The van der Waals surface area contributed by atoms with E-state index in [1.165, 1.54) is 36.4 Å². The number of carbonyl (C=O) groups is 1. The van der Waals surface area contributed by atoms with Crippen molar-refractivity contribution in [1.29, 1.82) is 0 Å². The fourth-order valence-electron chi connectivity index (χ4n) is 3.23. The highest BCUT2D eigenvalue weighted by Gasteiger charge is 2.30. The molecule has 2 aromatic carbocycles. The first-order valence-corrected chi connectivity index (χ1v) is 9.93. The van der Waals surface area contributed by atoms with Crippen LogP contribution < -0.4 is 4.74 Å². The van der Waals surface area contributed by atoms with Crippen molar-refractivity contribution in [3.63, 3.8) is 0 Å². The van der Waals surface area contributed by atoms with Crippen LogP contribution in [0.15, 0.2) is 65.7 Å². The van der Waals surface area contributed by atoms with Crippen LogP contribution in [0.4, 0.5) is 13.2 Å². The number of aliphatic carboxylic acids is 1. The van der Waals surface area contributed by atoms with Crippen molar-refractivity contribution in [2.45, 2.75) is 38.7 Å². The van der Waals surface area contributed by atoms with Crippen molar-refractivity contribution >= 4 is 23.0 Å². The van der Waals surface area contributed by atoms with Gasteiger partial charge in [0.25, 0.3) is 0 Å². The summed E-state index contributed by atoms with van der Waals surface area (Å²) in [6.45, 7) is 1.65. The summed E-state index contributed by atoms with van der Waals surface area (Å²) in [5, 5.41) is 9.58. The molecule has 0 saturated carbocycles.